The molecule has 2 unspecified atom stereocenters. The molecule has 2 aliphatic heterocycles. The molecule has 2 fully saturated rings. The number of aromatic nitrogens is 2. The van der Waals surface area contributed by atoms with Crippen LogP contribution in [0.25, 0.3) is 0 Å². The Hall–Kier alpha value is -0.540. The van der Waals surface area contributed by atoms with Crippen LogP contribution in [-0.2, 0) is 13.6 Å². The summed E-state index contributed by atoms with van der Waals surface area (Å²) in [6, 6.07) is 3.60. The predicted octanol–water partition coefficient (Wildman–Crippen LogP) is 2.46. The number of rotatable bonds is 2. The monoisotopic (exact) mass is 253 g/mol. The van der Waals surface area contributed by atoms with Gasteiger partial charge in [0.25, 0.3) is 0 Å². The minimum atomic E-state index is 0.400. The van der Waals surface area contributed by atoms with Crippen molar-refractivity contribution in [3.8, 4) is 0 Å². The summed E-state index contributed by atoms with van der Waals surface area (Å²) in [5.74, 6) is 0. The summed E-state index contributed by atoms with van der Waals surface area (Å²) in [5.41, 5.74) is 2.44. The normalized spacial score (nSPS) is 33.2. The van der Waals surface area contributed by atoms with Gasteiger partial charge >= 0.3 is 0 Å². The van der Waals surface area contributed by atoms with Gasteiger partial charge in [0.1, 0.15) is 0 Å². The smallest absolute Gasteiger partial charge is 0.0597 e. The number of aryl methyl sites for hydroxylation is 2. The lowest BCUT2D eigenvalue weighted by Gasteiger charge is -2.36. The quantitative estimate of drug-likeness (QED) is 0.755. The molecule has 94 valence electrons. The van der Waals surface area contributed by atoms with Gasteiger partial charge in [-0.15, -0.1) is 11.6 Å². The Balaban J connectivity index is 1.76. The molecule has 2 bridgehead atoms. The molecule has 0 N–H and O–H groups in total. The molecule has 0 saturated carbocycles. The first-order valence-electron chi connectivity index (χ1n) is 6.53. The third-order valence-electron chi connectivity index (χ3n) is 4.27. The number of hydrogen-bond donors (Lipinski definition) is 0. The Labute approximate surface area is 108 Å². The van der Waals surface area contributed by atoms with Crippen LogP contribution in [0.3, 0.4) is 0 Å². The highest BCUT2D eigenvalue weighted by Gasteiger charge is 2.40. The number of halogens is 1. The zero-order chi connectivity index (χ0) is 12.0. The number of hydrogen-bond acceptors (Lipinski definition) is 2. The molecule has 2 saturated heterocycles. The van der Waals surface area contributed by atoms with E-state index in [-0.39, 0.29) is 0 Å². The average Bonchev–Trinajstić information content (AvgIpc) is 2.68. The molecule has 4 heteroatoms. The van der Waals surface area contributed by atoms with E-state index < -0.39 is 0 Å². The minimum Gasteiger partial charge on any atom is -0.292 e. The molecular weight excluding hydrogens is 234 g/mol. The molecule has 1 aromatic rings. The van der Waals surface area contributed by atoms with Gasteiger partial charge in [0.2, 0.25) is 0 Å². The van der Waals surface area contributed by atoms with E-state index in [0.717, 1.165) is 25.1 Å². The second kappa shape index (κ2) is 4.29. The third kappa shape index (κ3) is 2.11. The lowest BCUT2D eigenvalue weighted by Crippen LogP contribution is -2.43. The van der Waals surface area contributed by atoms with Gasteiger partial charge in [0, 0.05) is 31.1 Å². The van der Waals surface area contributed by atoms with Crippen molar-refractivity contribution in [2.75, 3.05) is 0 Å². The zero-order valence-electron chi connectivity index (χ0n) is 10.6. The van der Waals surface area contributed by atoms with Gasteiger partial charge < -0.3 is 0 Å². The lowest BCUT2D eigenvalue weighted by atomic mass is 10.0. The molecule has 0 spiro atoms. The van der Waals surface area contributed by atoms with Crippen molar-refractivity contribution in [2.45, 2.75) is 56.6 Å². The van der Waals surface area contributed by atoms with Crippen molar-refractivity contribution in [1.82, 2.24) is 14.7 Å². The van der Waals surface area contributed by atoms with E-state index in [4.69, 9.17) is 11.6 Å². The molecule has 0 radical (unpaired) electrons. The van der Waals surface area contributed by atoms with Crippen LogP contribution in [-0.4, -0.2) is 32.1 Å². The second-order valence-electron chi connectivity index (χ2n) is 5.53. The second-order valence-corrected chi connectivity index (χ2v) is 6.14. The Kier molecular flexibility index (Phi) is 2.91. The van der Waals surface area contributed by atoms with Crippen molar-refractivity contribution in [2.24, 2.45) is 7.05 Å². The van der Waals surface area contributed by atoms with Crippen LogP contribution in [0.5, 0.6) is 0 Å². The number of fused-ring (bicyclic) bond motifs is 2. The summed E-state index contributed by atoms with van der Waals surface area (Å²) in [7, 11) is 2.04. The van der Waals surface area contributed by atoms with Crippen molar-refractivity contribution in [3.63, 3.8) is 0 Å². The molecule has 0 aliphatic carbocycles. The summed E-state index contributed by atoms with van der Waals surface area (Å²) >= 11 is 6.31. The van der Waals surface area contributed by atoms with E-state index in [0.29, 0.717) is 17.5 Å². The first kappa shape index (κ1) is 11.5. The molecule has 0 aromatic carbocycles. The fraction of sp³-hybridized carbons (Fsp3) is 0.769. The Morgan fingerprint density at radius 3 is 2.53 bits per heavy atom. The van der Waals surface area contributed by atoms with Crippen LogP contribution >= 0.6 is 11.6 Å². The Morgan fingerprint density at radius 1 is 1.35 bits per heavy atom. The number of piperidine rings is 1. The summed E-state index contributed by atoms with van der Waals surface area (Å²) in [4.78, 5) is 2.65. The standard InChI is InChI=1S/C13H20ClN3/c1-9-5-13(16(2)15-9)8-17-11-3-4-12(17)7-10(14)6-11/h5,10-12H,3-4,6-8H2,1-2H3. The highest BCUT2D eigenvalue weighted by Crippen LogP contribution is 2.38. The number of nitrogens with zero attached hydrogens (tertiary/aromatic N) is 3. The Bertz CT molecular complexity index is 401. The van der Waals surface area contributed by atoms with Crippen molar-refractivity contribution < 1.29 is 0 Å². The summed E-state index contributed by atoms with van der Waals surface area (Å²) < 4.78 is 2.02. The fourth-order valence-corrected chi connectivity index (χ4v) is 3.88. The molecule has 17 heavy (non-hydrogen) atoms. The molecule has 3 nitrogen and oxygen atoms in total. The lowest BCUT2D eigenvalue weighted by molar-refractivity contribution is 0.131. The van der Waals surface area contributed by atoms with Gasteiger partial charge in [-0.25, -0.2) is 0 Å². The van der Waals surface area contributed by atoms with Crippen LogP contribution in [0.1, 0.15) is 37.1 Å². The van der Waals surface area contributed by atoms with Crippen molar-refractivity contribution in [1.29, 1.82) is 0 Å². The van der Waals surface area contributed by atoms with Crippen molar-refractivity contribution >= 4 is 11.6 Å². The topological polar surface area (TPSA) is 21.1 Å². The van der Waals surface area contributed by atoms with Gasteiger partial charge in [-0.3, -0.25) is 9.58 Å². The van der Waals surface area contributed by atoms with Crippen LogP contribution in [0.15, 0.2) is 6.07 Å². The third-order valence-corrected chi connectivity index (χ3v) is 4.63. The summed E-state index contributed by atoms with van der Waals surface area (Å²) in [6.45, 7) is 3.10. The maximum atomic E-state index is 6.31. The number of alkyl halides is 1. The zero-order valence-corrected chi connectivity index (χ0v) is 11.3. The first-order valence-corrected chi connectivity index (χ1v) is 6.96. The van der Waals surface area contributed by atoms with Gasteiger partial charge in [-0.05, 0) is 38.7 Å². The fourth-order valence-electron chi connectivity index (χ4n) is 3.47. The van der Waals surface area contributed by atoms with Crippen molar-refractivity contribution in [3.05, 3.63) is 17.5 Å². The maximum Gasteiger partial charge on any atom is 0.0597 e. The molecule has 3 rings (SSSR count). The van der Waals surface area contributed by atoms with E-state index in [1.807, 2.05) is 11.7 Å². The molecular formula is C13H20ClN3. The maximum absolute atomic E-state index is 6.31. The van der Waals surface area contributed by atoms with Gasteiger partial charge in [0.15, 0.2) is 0 Å². The van der Waals surface area contributed by atoms with Gasteiger partial charge in [-0.1, -0.05) is 0 Å². The van der Waals surface area contributed by atoms with Crippen LogP contribution in [0.4, 0.5) is 0 Å². The minimum absolute atomic E-state index is 0.400. The molecule has 0 amide bonds. The summed E-state index contributed by atoms with van der Waals surface area (Å²) in [5, 5.41) is 4.83. The van der Waals surface area contributed by atoms with E-state index in [1.54, 1.807) is 0 Å². The van der Waals surface area contributed by atoms with Gasteiger partial charge in [-0.2, -0.15) is 5.10 Å². The van der Waals surface area contributed by atoms with Crippen LogP contribution in [0.2, 0.25) is 0 Å². The Morgan fingerprint density at radius 2 is 2.00 bits per heavy atom. The molecule has 2 atom stereocenters. The molecule has 2 aliphatic rings. The van der Waals surface area contributed by atoms with E-state index in [1.165, 1.54) is 18.5 Å². The first-order chi connectivity index (χ1) is 8.13. The largest absolute Gasteiger partial charge is 0.292 e. The highest BCUT2D eigenvalue weighted by molar-refractivity contribution is 6.20. The SMILES string of the molecule is Cc1cc(CN2C3CCC2CC(Cl)C3)n(C)n1. The van der Waals surface area contributed by atoms with E-state index >= 15 is 0 Å². The van der Waals surface area contributed by atoms with Crippen LogP contribution in [0, 0.1) is 6.92 Å². The summed E-state index contributed by atoms with van der Waals surface area (Å²) in [6.07, 6.45) is 4.97. The van der Waals surface area contributed by atoms with E-state index in [9.17, 15) is 0 Å². The van der Waals surface area contributed by atoms with E-state index in [2.05, 4.69) is 23.0 Å². The highest BCUT2D eigenvalue weighted by atomic mass is 35.5. The average molecular weight is 254 g/mol. The van der Waals surface area contributed by atoms with Crippen LogP contribution < -0.4 is 0 Å². The molecule has 3 heterocycles. The van der Waals surface area contributed by atoms with Gasteiger partial charge in [0.05, 0.1) is 11.4 Å². The molecule has 1 aromatic heterocycles. The predicted molar refractivity (Wildman–Crippen MR) is 69.2 cm³/mol.